The zero-order chi connectivity index (χ0) is 24.3. The van der Waals surface area contributed by atoms with Crippen LogP contribution in [0.5, 0.6) is 0 Å². The summed E-state index contributed by atoms with van der Waals surface area (Å²) in [6.45, 7) is 9.42. The van der Waals surface area contributed by atoms with Crippen LogP contribution in [0.4, 0.5) is 0 Å². The molecule has 0 heterocycles. The maximum atomic E-state index is 5.79. The van der Waals surface area contributed by atoms with Gasteiger partial charge in [0.25, 0.3) is 0 Å². The number of hydrogen-bond acceptors (Lipinski definition) is 3. The molecule has 0 spiro atoms. The molecule has 2 unspecified atom stereocenters. The lowest BCUT2D eigenvalue weighted by Gasteiger charge is -2.50. The van der Waals surface area contributed by atoms with Crippen LogP contribution in [-0.2, 0) is 0 Å². The second-order valence-electron chi connectivity index (χ2n) is 12.2. The summed E-state index contributed by atoms with van der Waals surface area (Å²) in [6, 6.07) is 0. The largest absolute Gasteiger partial charge is 0.304 e. The van der Waals surface area contributed by atoms with E-state index in [0.29, 0.717) is 11.1 Å². The third-order valence-electron chi connectivity index (χ3n) is 9.05. The molecule has 32 heavy (non-hydrogen) atoms. The van der Waals surface area contributed by atoms with Crippen molar-refractivity contribution in [1.82, 2.24) is 10.4 Å². The highest BCUT2D eigenvalue weighted by atomic mass is 16.3. The van der Waals surface area contributed by atoms with E-state index in [9.17, 15) is 0 Å². The highest BCUT2D eigenvalue weighted by Gasteiger charge is 2.47. The summed E-state index contributed by atoms with van der Waals surface area (Å²) in [7, 11) is 9.02. The fourth-order valence-electron chi connectivity index (χ4n) is 6.87. The van der Waals surface area contributed by atoms with Crippen molar-refractivity contribution in [2.24, 2.45) is 17.7 Å². The maximum Gasteiger partial charge on any atom is 0.118 e. The Labute approximate surface area is 202 Å². The third-order valence-corrected chi connectivity index (χ3v) is 9.05. The minimum Gasteiger partial charge on any atom is -0.304 e. The number of hydrazine groups is 1. The first kappa shape index (κ1) is 29.9. The Morgan fingerprint density at radius 2 is 1.22 bits per heavy atom. The molecule has 2 fully saturated rings. The van der Waals surface area contributed by atoms with Crippen LogP contribution in [0.2, 0.25) is 0 Å². The minimum absolute atomic E-state index is 0.349. The predicted octanol–water partition coefficient (Wildman–Crippen LogP) is 7.05. The number of nitrogens with one attached hydrogen (secondary N) is 1. The molecule has 4 nitrogen and oxygen atoms in total. The lowest BCUT2D eigenvalue weighted by molar-refractivity contribution is -0.986. The van der Waals surface area contributed by atoms with Crippen molar-refractivity contribution in [2.75, 3.05) is 28.2 Å². The maximum absolute atomic E-state index is 5.79. The molecule has 192 valence electrons. The summed E-state index contributed by atoms with van der Waals surface area (Å²) in [4.78, 5) is 2.51. The molecule has 0 aliphatic heterocycles. The summed E-state index contributed by atoms with van der Waals surface area (Å²) >= 11 is 0. The van der Waals surface area contributed by atoms with Crippen molar-refractivity contribution >= 4 is 0 Å². The van der Waals surface area contributed by atoms with Gasteiger partial charge in [0.05, 0.1) is 14.1 Å². The molecule has 0 aromatic heterocycles. The van der Waals surface area contributed by atoms with Crippen LogP contribution in [-0.4, -0.2) is 48.8 Å². The number of quaternary nitrogens is 1. The topological polar surface area (TPSA) is 41.3 Å². The molecule has 0 bridgehead atoms. The Hall–Kier alpha value is -0.160. The number of hydrogen-bond donors (Lipinski definition) is 2. The number of nitrogens with two attached hydrogens (primary N) is 1. The molecule has 0 aromatic rings. The van der Waals surface area contributed by atoms with E-state index < -0.39 is 0 Å². The van der Waals surface area contributed by atoms with Gasteiger partial charge in [0.15, 0.2) is 0 Å². The monoisotopic (exact) mass is 455 g/mol. The Bertz CT molecular complexity index is 476. The zero-order valence-electron chi connectivity index (χ0n) is 23.4. The molecule has 2 aliphatic rings. The summed E-state index contributed by atoms with van der Waals surface area (Å²) in [6.07, 6.45) is 22.0. The summed E-state index contributed by atoms with van der Waals surface area (Å²) in [5.74, 6) is 7.50. The van der Waals surface area contributed by atoms with Crippen LogP contribution >= 0.6 is 0 Å². The van der Waals surface area contributed by atoms with E-state index in [4.69, 9.17) is 5.84 Å². The molecule has 0 amide bonds. The average Bonchev–Trinajstić information content (AvgIpc) is 2.75. The minimum atomic E-state index is 0.349. The molecule has 2 atom stereocenters. The van der Waals surface area contributed by atoms with E-state index in [1.54, 1.807) is 0 Å². The van der Waals surface area contributed by atoms with Crippen molar-refractivity contribution < 1.29 is 4.59 Å². The van der Waals surface area contributed by atoms with Crippen molar-refractivity contribution in [3.05, 3.63) is 0 Å². The van der Waals surface area contributed by atoms with Gasteiger partial charge in [-0.15, -0.1) is 5.53 Å². The second-order valence-corrected chi connectivity index (χ2v) is 12.2. The van der Waals surface area contributed by atoms with E-state index in [2.05, 4.69) is 66.3 Å². The van der Waals surface area contributed by atoms with Gasteiger partial charge in [-0.3, -0.25) is 0 Å². The van der Waals surface area contributed by atoms with Gasteiger partial charge >= 0.3 is 0 Å². The Morgan fingerprint density at radius 1 is 0.781 bits per heavy atom. The number of rotatable bonds is 11. The van der Waals surface area contributed by atoms with Gasteiger partial charge in [-0.1, -0.05) is 79.1 Å². The number of nitrogens with zero attached hydrogens (tertiary/aromatic N) is 2. The van der Waals surface area contributed by atoms with Crippen molar-refractivity contribution in [2.45, 2.75) is 142 Å². The molecule has 3 N–H and O–H groups in total. The van der Waals surface area contributed by atoms with Gasteiger partial charge in [0, 0.05) is 24.8 Å². The van der Waals surface area contributed by atoms with Gasteiger partial charge in [0.1, 0.15) is 5.54 Å². The van der Waals surface area contributed by atoms with Crippen LogP contribution in [0.3, 0.4) is 0 Å². The highest BCUT2D eigenvalue weighted by Crippen LogP contribution is 2.41. The van der Waals surface area contributed by atoms with Gasteiger partial charge in [-0.2, -0.15) is 0 Å². The average molecular weight is 456 g/mol. The van der Waals surface area contributed by atoms with Crippen LogP contribution in [0, 0.1) is 11.8 Å². The normalized spacial score (nSPS) is 22.7. The molecule has 2 saturated carbocycles. The molecule has 4 heteroatoms. The van der Waals surface area contributed by atoms with E-state index in [0.717, 1.165) is 16.4 Å². The van der Waals surface area contributed by atoms with Crippen molar-refractivity contribution in [1.29, 1.82) is 0 Å². The van der Waals surface area contributed by atoms with Gasteiger partial charge in [0.2, 0.25) is 0 Å². The Kier molecular flexibility index (Phi) is 13.3. The molecule has 2 aliphatic carbocycles. The SMILES string of the molecule is CCCC(C)CC1([15N+](C)(C)NN)CCCCC1.CCCC(C)CC1([15N](C)C)CCCCC1. The van der Waals surface area contributed by atoms with Gasteiger partial charge in [-0.25, -0.2) is 10.4 Å². The van der Waals surface area contributed by atoms with Crippen molar-refractivity contribution in [3.63, 3.8) is 0 Å². The van der Waals surface area contributed by atoms with E-state index in [1.165, 1.54) is 103 Å². The van der Waals surface area contributed by atoms with Gasteiger partial charge in [-0.05, 0) is 58.0 Å². The van der Waals surface area contributed by atoms with Gasteiger partial charge < -0.3 is 4.90 Å². The Morgan fingerprint density at radius 3 is 1.62 bits per heavy atom. The molecular formula is C28H61N4+. The zero-order valence-corrected chi connectivity index (χ0v) is 23.4. The first-order valence-corrected chi connectivity index (χ1v) is 14.1. The first-order chi connectivity index (χ1) is 15.1. The quantitative estimate of drug-likeness (QED) is 0.152. The van der Waals surface area contributed by atoms with E-state index in [1.807, 2.05) is 0 Å². The fourth-order valence-corrected chi connectivity index (χ4v) is 6.87. The Balaban J connectivity index is 0.000000323. The first-order valence-electron chi connectivity index (χ1n) is 14.1. The molecule has 0 aromatic carbocycles. The standard InChI is InChI=1S/C14H32N3.C14H29N/c1-5-9-13(2)12-14(17(3,4)16-15)10-7-6-8-11-14;1-5-9-13(2)12-14(15(3)4)10-7-6-8-11-14/h13,16H,5-12,15H2,1-4H3;13H,5-12H2,1-4H3/q+1;/i17+1;15+1. The molecule has 0 saturated heterocycles. The van der Waals surface area contributed by atoms with Crippen LogP contribution in [0.1, 0.15) is 130 Å². The fraction of sp³-hybridized carbons (Fsp3) is 1.00. The third kappa shape index (κ3) is 8.56. The molecular weight excluding hydrogens is 394 g/mol. The van der Waals surface area contributed by atoms with Crippen molar-refractivity contribution in [3.8, 4) is 0 Å². The smallest absolute Gasteiger partial charge is 0.118 e. The molecule has 2 rings (SSSR count). The predicted molar refractivity (Wildman–Crippen MR) is 142 cm³/mol. The summed E-state index contributed by atoms with van der Waals surface area (Å²) in [5, 5.41) is 0. The highest BCUT2D eigenvalue weighted by molar-refractivity contribution is 4.91. The van der Waals surface area contributed by atoms with Crippen LogP contribution in [0.25, 0.3) is 0 Å². The van der Waals surface area contributed by atoms with Crippen LogP contribution in [0.15, 0.2) is 0 Å². The molecule has 0 radical (unpaired) electrons. The van der Waals surface area contributed by atoms with Crippen LogP contribution < -0.4 is 11.4 Å². The summed E-state index contributed by atoms with van der Waals surface area (Å²) in [5.41, 5.74) is 3.92. The lowest BCUT2D eigenvalue weighted by Crippen LogP contribution is -2.69. The van der Waals surface area contributed by atoms with E-state index in [-0.39, 0.29) is 0 Å². The lowest BCUT2D eigenvalue weighted by atomic mass is 9.76. The second kappa shape index (κ2) is 14.3. The van der Waals surface area contributed by atoms with E-state index >= 15 is 0 Å². The summed E-state index contributed by atoms with van der Waals surface area (Å²) < 4.78 is 0.765.